The standard InChI is InChI=1S/C15H20FN3O2/c1-8(2)20-13-7-14(12(17)6-11(13)16)21-15-9(3)18-19(5)10(15)4/h6-8H,17H2,1-5H3. The number of nitrogens with two attached hydrogens (primary N) is 1. The summed E-state index contributed by atoms with van der Waals surface area (Å²) in [6.07, 6.45) is -0.141. The molecule has 0 fully saturated rings. The zero-order chi connectivity index (χ0) is 15.7. The molecule has 21 heavy (non-hydrogen) atoms. The van der Waals surface area contributed by atoms with E-state index in [1.165, 1.54) is 12.1 Å². The van der Waals surface area contributed by atoms with Gasteiger partial charge in [-0.05, 0) is 27.7 Å². The van der Waals surface area contributed by atoms with E-state index < -0.39 is 5.82 Å². The maximum absolute atomic E-state index is 13.8. The average Bonchev–Trinajstić information content (AvgIpc) is 2.61. The number of hydrogen-bond donors (Lipinski definition) is 1. The lowest BCUT2D eigenvalue weighted by Gasteiger charge is -2.14. The summed E-state index contributed by atoms with van der Waals surface area (Å²) in [5.74, 6) is 0.583. The van der Waals surface area contributed by atoms with E-state index in [-0.39, 0.29) is 17.5 Å². The first-order chi connectivity index (χ1) is 9.79. The van der Waals surface area contributed by atoms with Crippen LogP contribution in [-0.2, 0) is 7.05 Å². The number of rotatable bonds is 4. The summed E-state index contributed by atoms with van der Waals surface area (Å²) in [6, 6.07) is 2.67. The van der Waals surface area contributed by atoms with Crippen molar-refractivity contribution in [2.75, 3.05) is 5.73 Å². The van der Waals surface area contributed by atoms with Crippen LogP contribution in [0.5, 0.6) is 17.2 Å². The maximum Gasteiger partial charge on any atom is 0.171 e. The Bertz CT molecular complexity index is 665. The Labute approximate surface area is 123 Å². The molecule has 114 valence electrons. The molecule has 2 aromatic rings. The number of nitrogens with zero attached hydrogens (tertiary/aromatic N) is 2. The predicted octanol–water partition coefficient (Wildman–Crippen LogP) is 3.34. The van der Waals surface area contributed by atoms with Gasteiger partial charge in [-0.1, -0.05) is 0 Å². The highest BCUT2D eigenvalue weighted by molar-refractivity contribution is 5.58. The van der Waals surface area contributed by atoms with Crippen molar-refractivity contribution < 1.29 is 13.9 Å². The monoisotopic (exact) mass is 293 g/mol. The number of benzene rings is 1. The van der Waals surface area contributed by atoms with Crippen molar-refractivity contribution in [1.29, 1.82) is 0 Å². The Balaban J connectivity index is 2.39. The van der Waals surface area contributed by atoms with Gasteiger partial charge < -0.3 is 15.2 Å². The van der Waals surface area contributed by atoms with E-state index in [0.717, 1.165) is 11.4 Å². The van der Waals surface area contributed by atoms with Crippen molar-refractivity contribution in [2.45, 2.75) is 33.8 Å². The van der Waals surface area contributed by atoms with Crippen LogP contribution in [0.4, 0.5) is 10.1 Å². The van der Waals surface area contributed by atoms with Crippen LogP contribution in [0.3, 0.4) is 0 Å². The van der Waals surface area contributed by atoms with Crippen LogP contribution in [0.25, 0.3) is 0 Å². The number of hydrogen-bond acceptors (Lipinski definition) is 4. The summed E-state index contributed by atoms with van der Waals surface area (Å²) in [5.41, 5.74) is 7.65. The molecule has 6 heteroatoms. The third kappa shape index (κ3) is 3.09. The van der Waals surface area contributed by atoms with Gasteiger partial charge in [0.25, 0.3) is 0 Å². The summed E-state index contributed by atoms with van der Waals surface area (Å²) in [7, 11) is 1.83. The lowest BCUT2D eigenvalue weighted by molar-refractivity contribution is 0.230. The molecular formula is C15H20FN3O2. The van der Waals surface area contributed by atoms with Gasteiger partial charge in [0.05, 0.1) is 17.5 Å². The molecule has 0 aliphatic rings. The maximum atomic E-state index is 13.8. The summed E-state index contributed by atoms with van der Waals surface area (Å²) in [6.45, 7) is 7.38. The van der Waals surface area contributed by atoms with Gasteiger partial charge in [0.2, 0.25) is 0 Å². The van der Waals surface area contributed by atoms with E-state index in [9.17, 15) is 4.39 Å². The summed E-state index contributed by atoms with van der Waals surface area (Å²) in [4.78, 5) is 0. The highest BCUT2D eigenvalue weighted by Crippen LogP contribution is 2.36. The molecule has 0 bridgehead atoms. The zero-order valence-electron chi connectivity index (χ0n) is 12.9. The first-order valence-electron chi connectivity index (χ1n) is 6.73. The predicted molar refractivity (Wildman–Crippen MR) is 79.3 cm³/mol. The van der Waals surface area contributed by atoms with Crippen LogP contribution >= 0.6 is 0 Å². The third-order valence-electron chi connectivity index (χ3n) is 3.08. The van der Waals surface area contributed by atoms with Crippen LogP contribution in [0.2, 0.25) is 0 Å². The minimum atomic E-state index is -0.506. The highest BCUT2D eigenvalue weighted by atomic mass is 19.1. The molecule has 0 unspecified atom stereocenters. The highest BCUT2D eigenvalue weighted by Gasteiger charge is 2.16. The van der Waals surface area contributed by atoms with Gasteiger partial charge in [0.1, 0.15) is 5.69 Å². The van der Waals surface area contributed by atoms with Gasteiger partial charge in [-0.15, -0.1) is 0 Å². The second-order valence-electron chi connectivity index (χ2n) is 5.21. The lowest BCUT2D eigenvalue weighted by atomic mass is 10.2. The van der Waals surface area contributed by atoms with E-state index in [4.69, 9.17) is 15.2 Å². The normalized spacial score (nSPS) is 11.0. The number of aromatic nitrogens is 2. The van der Waals surface area contributed by atoms with E-state index in [1.807, 2.05) is 34.7 Å². The Morgan fingerprint density at radius 2 is 1.90 bits per heavy atom. The third-order valence-corrected chi connectivity index (χ3v) is 3.08. The minimum Gasteiger partial charge on any atom is -0.488 e. The number of anilines is 1. The Kier molecular flexibility index (Phi) is 4.06. The summed E-state index contributed by atoms with van der Waals surface area (Å²) < 4.78 is 26.8. The second-order valence-corrected chi connectivity index (χ2v) is 5.21. The largest absolute Gasteiger partial charge is 0.488 e. The molecule has 2 N–H and O–H groups in total. The second kappa shape index (κ2) is 5.63. The molecule has 0 amide bonds. The smallest absolute Gasteiger partial charge is 0.171 e. The molecule has 0 aliphatic carbocycles. The van der Waals surface area contributed by atoms with Crippen LogP contribution < -0.4 is 15.2 Å². The molecule has 0 radical (unpaired) electrons. The van der Waals surface area contributed by atoms with Gasteiger partial charge in [-0.2, -0.15) is 5.10 Å². The molecule has 0 saturated carbocycles. The van der Waals surface area contributed by atoms with E-state index in [0.29, 0.717) is 11.5 Å². The van der Waals surface area contributed by atoms with Gasteiger partial charge in [-0.25, -0.2) is 4.39 Å². The number of halogens is 1. The average molecular weight is 293 g/mol. The molecule has 0 atom stereocenters. The van der Waals surface area contributed by atoms with Crippen molar-refractivity contribution >= 4 is 5.69 Å². The van der Waals surface area contributed by atoms with Gasteiger partial charge in [0.15, 0.2) is 23.1 Å². The number of ether oxygens (including phenoxy) is 2. The van der Waals surface area contributed by atoms with Crippen LogP contribution in [0.1, 0.15) is 25.2 Å². The van der Waals surface area contributed by atoms with E-state index >= 15 is 0 Å². The van der Waals surface area contributed by atoms with Gasteiger partial charge in [-0.3, -0.25) is 4.68 Å². The fourth-order valence-electron chi connectivity index (χ4n) is 1.99. The quantitative estimate of drug-likeness (QED) is 0.878. The molecule has 5 nitrogen and oxygen atoms in total. The lowest BCUT2D eigenvalue weighted by Crippen LogP contribution is -2.07. The molecule has 1 aromatic heterocycles. The van der Waals surface area contributed by atoms with Crippen molar-refractivity contribution in [2.24, 2.45) is 7.05 Å². The molecule has 0 saturated heterocycles. The zero-order valence-corrected chi connectivity index (χ0v) is 12.9. The van der Waals surface area contributed by atoms with Crippen molar-refractivity contribution in [3.8, 4) is 17.2 Å². The van der Waals surface area contributed by atoms with E-state index in [1.54, 1.807) is 4.68 Å². The molecule has 0 aliphatic heterocycles. The molecule has 1 heterocycles. The fraction of sp³-hybridized carbons (Fsp3) is 0.400. The first kappa shape index (κ1) is 15.2. The van der Waals surface area contributed by atoms with Crippen molar-refractivity contribution in [3.63, 3.8) is 0 Å². The Morgan fingerprint density at radius 1 is 1.24 bits per heavy atom. The fourth-order valence-corrected chi connectivity index (χ4v) is 1.99. The number of aryl methyl sites for hydroxylation is 2. The van der Waals surface area contributed by atoms with Gasteiger partial charge in [0, 0.05) is 19.2 Å². The molecule has 2 rings (SSSR count). The van der Waals surface area contributed by atoms with E-state index in [2.05, 4.69) is 5.10 Å². The Morgan fingerprint density at radius 3 is 2.43 bits per heavy atom. The van der Waals surface area contributed by atoms with Crippen LogP contribution in [-0.4, -0.2) is 15.9 Å². The Hall–Kier alpha value is -2.24. The van der Waals surface area contributed by atoms with Crippen molar-refractivity contribution in [1.82, 2.24) is 9.78 Å². The summed E-state index contributed by atoms with van der Waals surface area (Å²) in [5, 5.41) is 4.27. The minimum absolute atomic E-state index is 0.119. The topological polar surface area (TPSA) is 62.3 Å². The molecule has 0 spiro atoms. The molecule has 1 aromatic carbocycles. The number of nitrogen functional groups attached to an aromatic ring is 1. The first-order valence-corrected chi connectivity index (χ1v) is 6.73. The summed E-state index contributed by atoms with van der Waals surface area (Å²) >= 11 is 0. The van der Waals surface area contributed by atoms with Gasteiger partial charge >= 0.3 is 0 Å². The SMILES string of the molecule is Cc1nn(C)c(C)c1Oc1cc(OC(C)C)c(F)cc1N. The van der Waals surface area contributed by atoms with Crippen molar-refractivity contribution in [3.05, 3.63) is 29.3 Å². The molecular weight excluding hydrogens is 273 g/mol. The van der Waals surface area contributed by atoms with Crippen LogP contribution in [0, 0.1) is 19.7 Å². The van der Waals surface area contributed by atoms with Crippen LogP contribution in [0.15, 0.2) is 12.1 Å².